The number of carbonyl (C=O) groups is 2. The molecule has 1 aliphatic carbocycles. The fourth-order valence-electron chi connectivity index (χ4n) is 2.43. The average molecular weight is 284 g/mol. The van der Waals surface area contributed by atoms with Crippen LogP contribution >= 0.6 is 0 Å². The Morgan fingerprint density at radius 3 is 2.60 bits per heavy atom. The minimum atomic E-state index is -0.552. The number of ether oxygens (including phenoxy) is 3. The molecule has 5 heteroatoms. The van der Waals surface area contributed by atoms with E-state index in [0.29, 0.717) is 12.8 Å². The Morgan fingerprint density at radius 2 is 2.00 bits per heavy atom. The molecular formula is C15H24O5. The van der Waals surface area contributed by atoms with Gasteiger partial charge in [0.2, 0.25) is 0 Å². The highest BCUT2D eigenvalue weighted by Crippen LogP contribution is 2.30. The number of hydrogen-bond donors (Lipinski definition) is 0. The predicted octanol–water partition coefficient (Wildman–Crippen LogP) is 2.39. The van der Waals surface area contributed by atoms with Gasteiger partial charge in [-0.3, -0.25) is 4.79 Å². The Kier molecular flexibility index (Phi) is 7.47. The van der Waals surface area contributed by atoms with Crippen molar-refractivity contribution in [2.75, 3.05) is 21.0 Å². The summed E-state index contributed by atoms with van der Waals surface area (Å²) in [7, 11) is 2.85. The summed E-state index contributed by atoms with van der Waals surface area (Å²) >= 11 is 0. The van der Waals surface area contributed by atoms with Crippen LogP contribution in [0, 0.1) is 0 Å². The van der Waals surface area contributed by atoms with Crippen LogP contribution in [0.25, 0.3) is 0 Å². The summed E-state index contributed by atoms with van der Waals surface area (Å²) < 4.78 is 15.3. The maximum atomic E-state index is 11.8. The molecule has 1 rings (SSSR count). The third-order valence-electron chi connectivity index (χ3n) is 3.46. The Morgan fingerprint density at radius 1 is 1.25 bits per heavy atom. The molecule has 1 unspecified atom stereocenters. The van der Waals surface area contributed by atoms with Crippen LogP contribution in [0.1, 0.15) is 45.4 Å². The second-order valence-electron chi connectivity index (χ2n) is 4.87. The fraction of sp³-hybridized carbons (Fsp3) is 0.733. The van der Waals surface area contributed by atoms with Crippen molar-refractivity contribution < 1.29 is 23.8 Å². The number of rotatable bonds is 9. The lowest BCUT2D eigenvalue weighted by Crippen LogP contribution is -2.21. The Hall–Kier alpha value is -1.20. The molecule has 114 valence electrons. The summed E-state index contributed by atoms with van der Waals surface area (Å²) in [6, 6.07) is 0. The maximum Gasteiger partial charge on any atom is 0.341 e. The standard InChI is InChI=1S/C15H24O5/c1-4-5-6-7-13(20-10-18-2)11-8-9-12(16)14(11)15(17)19-3/h13H,4-10H2,1-3H3. The number of esters is 1. The summed E-state index contributed by atoms with van der Waals surface area (Å²) in [6.07, 6.45) is 4.70. The second-order valence-corrected chi connectivity index (χ2v) is 4.87. The quantitative estimate of drug-likeness (QED) is 0.281. The Balaban J connectivity index is 2.87. The normalized spacial score (nSPS) is 16.6. The maximum absolute atomic E-state index is 11.8. The smallest absolute Gasteiger partial charge is 0.341 e. The molecule has 20 heavy (non-hydrogen) atoms. The van der Waals surface area contributed by atoms with Crippen LogP contribution in [0.2, 0.25) is 0 Å². The van der Waals surface area contributed by atoms with Gasteiger partial charge in [-0.15, -0.1) is 0 Å². The van der Waals surface area contributed by atoms with Gasteiger partial charge in [-0.1, -0.05) is 26.2 Å². The number of Topliss-reactive ketones (excluding diaryl/α,β-unsaturated/α-hetero) is 1. The van der Waals surface area contributed by atoms with Gasteiger partial charge >= 0.3 is 5.97 Å². The SMILES string of the molecule is CCCCCC(OCOC)C1=C(C(=O)OC)C(=O)CC1. The van der Waals surface area contributed by atoms with Crippen molar-refractivity contribution in [3.63, 3.8) is 0 Å². The lowest BCUT2D eigenvalue weighted by molar-refractivity contribution is -0.137. The van der Waals surface area contributed by atoms with E-state index in [1.807, 2.05) is 0 Å². The molecule has 0 aromatic rings. The molecule has 1 aliphatic rings. The van der Waals surface area contributed by atoms with Crippen LogP contribution in [0.5, 0.6) is 0 Å². The van der Waals surface area contributed by atoms with E-state index in [0.717, 1.165) is 31.3 Å². The largest absolute Gasteiger partial charge is 0.465 e. The number of methoxy groups -OCH3 is 2. The molecule has 1 atom stereocenters. The van der Waals surface area contributed by atoms with Gasteiger partial charge in [-0.05, 0) is 18.4 Å². The number of carbonyl (C=O) groups excluding carboxylic acids is 2. The number of unbranched alkanes of at least 4 members (excludes halogenated alkanes) is 2. The molecule has 0 heterocycles. The lowest BCUT2D eigenvalue weighted by atomic mass is 9.99. The second kappa shape index (κ2) is 8.87. The Bertz CT molecular complexity index is 372. The van der Waals surface area contributed by atoms with Crippen LogP contribution in [-0.4, -0.2) is 38.9 Å². The first-order chi connectivity index (χ1) is 9.65. The minimum Gasteiger partial charge on any atom is -0.465 e. The van der Waals surface area contributed by atoms with Crippen LogP contribution in [0.3, 0.4) is 0 Å². The van der Waals surface area contributed by atoms with Gasteiger partial charge in [0.1, 0.15) is 12.4 Å². The van der Waals surface area contributed by atoms with Crippen molar-refractivity contribution in [3.05, 3.63) is 11.1 Å². The highest BCUT2D eigenvalue weighted by Gasteiger charge is 2.33. The Labute approximate surface area is 120 Å². The summed E-state index contributed by atoms with van der Waals surface area (Å²) in [6.45, 7) is 2.28. The molecule has 0 aromatic carbocycles. The van der Waals surface area contributed by atoms with Crippen molar-refractivity contribution in [2.45, 2.75) is 51.6 Å². The molecule has 0 spiro atoms. The van der Waals surface area contributed by atoms with Gasteiger partial charge in [0.25, 0.3) is 0 Å². The summed E-state index contributed by atoms with van der Waals surface area (Å²) in [5.41, 5.74) is 0.958. The first-order valence-electron chi connectivity index (χ1n) is 7.10. The van der Waals surface area contributed by atoms with E-state index < -0.39 is 5.97 Å². The van der Waals surface area contributed by atoms with Gasteiger partial charge in [-0.25, -0.2) is 4.79 Å². The first-order valence-corrected chi connectivity index (χ1v) is 7.10. The van der Waals surface area contributed by atoms with Crippen molar-refractivity contribution >= 4 is 11.8 Å². The molecule has 0 saturated carbocycles. The van der Waals surface area contributed by atoms with Gasteiger partial charge in [-0.2, -0.15) is 0 Å². The topological polar surface area (TPSA) is 61.8 Å². The van der Waals surface area contributed by atoms with E-state index >= 15 is 0 Å². The molecule has 0 bridgehead atoms. The highest BCUT2D eigenvalue weighted by atomic mass is 16.7. The molecule has 0 fully saturated rings. The summed E-state index contributed by atoms with van der Waals surface area (Å²) in [5.74, 6) is -0.697. The van der Waals surface area contributed by atoms with Crippen LogP contribution in [-0.2, 0) is 23.8 Å². The van der Waals surface area contributed by atoms with E-state index in [1.54, 1.807) is 7.11 Å². The van der Waals surface area contributed by atoms with E-state index in [2.05, 4.69) is 6.92 Å². The zero-order valence-corrected chi connectivity index (χ0v) is 12.6. The lowest BCUT2D eigenvalue weighted by Gasteiger charge is -2.19. The molecule has 5 nitrogen and oxygen atoms in total. The first kappa shape index (κ1) is 16.9. The van der Waals surface area contributed by atoms with Gasteiger partial charge in [0.15, 0.2) is 5.78 Å². The van der Waals surface area contributed by atoms with Crippen LogP contribution in [0.15, 0.2) is 11.1 Å². The monoisotopic (exact) mass is 284 g/mol. The van der Waals surface area contributed by atoms with E-state index in [-0.39, 0.29) is 24.3 Å². The fourth-order valence-corrected chi connectivity index (χ4v) is 2.43. The van der Waals surface area contributed by atoms with Crippen molar-refractivity contribution in [1.82, 2.24) is 0 Å². The molecular weight excluding hydrogens is 260 g/mol. The van der Waals surface area contributed by atoms with Gasteiger partial charge in [0.05, 0.1) is 13.2 Å². The summed E-state index contributed by atoms with van der Waals surface area (Å²) in [4.78, 5) is 23.6. The van der Waals surface area contributed by atoms with Gasteiger partial charge in [0, 0.05) is 13.5 Å². The molecule has 0 saturated heterocycles. The highest BCUT2D eigenvalue weighted by molar-refractivity contribution is 6.19. The molecule has 0 aliphatic heterocycles. The average Bonchev–Trinajstić information content (AvgIpc) is 2.83. The molecule has 0 amide bonds. The molecule has 0 aromatic heterocycles. The summed E-state index contributed by atoms with van der Waals surface area (Å²) in [5, 5.41) is 0. The third kappa shape index (κ3) is 4.42. The predicted molar refractivity (Wildman–Crippen MR) is 74.2 cm³/mol. The zero-order chi connectivity index (χ0) is 15.0. The van der Waals surface area contributed by atoms with Crippen molar-refractivity contribution in [3.8, 4) is 0 Å². The van der Waals surface area contributed by atoms with E-state index in [9.17, 15) is 9.59 Å². The molecule has 0 radical (unpaired) electrons. The number of hydrogen-bond acceptors (Lipinski definition) is 5. The van der Waals surface area contributed by atoms with Crippen LogP contribution < -0.4 is 0 Å². The molecule has 0 N–H and O–H groups in total. The van der Waals surface area contributed by atoms with Gasteiger partial charge < -0.3 is 14.2 Å². The third-order valence-corrected chi connectivity index (χ3v) is 3.46. The number of ketones is 1. The zero-order valence-electron chi connectivity index (χ0n) is 12.6. The van der Waals surface area contributed by atoms with Crippen LogP contribution in [0.4, 0.5) is 0 Å². The van der Waals surface area contributed by atoms with E-state index in [1.165, 1.54) is 7.11 Å². The van der Waals surface area contributed by atoms with E-state index in [4.69, 9.17) is 14.2 Å². The minimum absolute atomic E-state index is 0.145. The van der Waals surface area contributed by atoms with Crippen molar-refractivity contribution in [1.29, 1.82) is 0 Å². The van der Waals surface area contributed by atoms with Crippen molar-refractivity contribution in [2.24, 2.45) is 0 Å².